The Bertz CT molecular complexity index is 818. The molecule has 3 aromatic rings. The zero-order valence-corrected chi connectivity index (χ0v) is 11.3. The molecule has 0 saturated heterocycles. The Kier molecular flexibility index (Phi) is 2.98. The maximum Gasteiger partial charge on any atom is 0.275 e. The molecule has 102 valence electrons. The third-order valence-corrected chi connectivity index (χ3v) is 2.98. The molecule has 0 amide bonds. The predicted molar refractivity (Wildman–Crippen MR) is 76.9 cm³/mol. The number of anilines is 1. The molecule has 3 rings (SSSR count). The molecule has 6 nitrogen and oxygen atoms in total. The number of H-pyrrole nitrogens is 1. The van der Waals surface area contributed by atoms with E-state index in [4.69, 9.17) is 0 Å². The average Bonchev–Trinajstić information content (AvgIpc) is 2.80. The lowest BCUT2D eigenvalue weighted by molar-refractivity contribution is 0.852. The molecule has 20 heavy (non-hydrogen) atoms. The van der Waals surface area contributed by atoms with Crippen molar-refractivity contribution in [1.29, 1.82) is 0 Å². The Morgan fingerprint density at radius 3 is 2.95 bits per heavy atom. The minimum absolute atomic E-state index is 0.175. The molecule has 2 aromatic heterocycles. The molecule has 6 heteroatoms. The first-order chi connectivity index (χ1) is 9.61. The van der Waals surface area contributed by atoms with Crippen LogP contribution < -0.4 is 10.9 Å². The van der Waals surface area contributed by atoms with Crippen molar-refractivity contribution in [3.05, 3.63) is 57.8 Å². The van der Waals surface area contributed by atoms with E-state index < -0.39 is 0 Å². The molecule has 1 aromatic carbocycles. The normalized spacial score (nSPS) is 10.9. The highest BCUT2D eigenvalue weighted by Crippen LogP contribution is 2.10. The van der Waals surface area contributed by atoms with E-state index in [2.05, 4.69) is 20.4 Å². The van der Waals surface area contributed by atoms with Gasteiger partial charge < -0.3 is 10.3 Å². The quantitative estimate of drug-likeness (QED) is 0.758. The molecule has 0 spiro atoms. The molecular formula is C14H15N5O. The summed E-state index contributed by atoms with van der Waals surface area (Å²) in [6, 6.07) is 9.56. The van der Waals surface area contributed by atoms with E-state index in [0.717, 1.165) is 11.4 Å². The second-order valence-electron chi connectivity index (χ2n) is 4.78. The molecule has 0 radical (unpaired) electrons. The van der Waals surface area contributed by atoms with Gasteiger partial charge in [0.1, 0.15) is 0 Å². The van der Waals surface area contributed by atoms with E-state index >= 15 is 0 Å². The summed E-state index contributed by atoms with van der Waals surface area (Å²) < 4.78 is 1.28. The van der Waals surface area contributed by atoms with Crippen molar-refractivity contribution in [2.24, 2.45) is 0 Å². The van der Waals surface area contributed by atoms with Gasteiger partial charge in [0.25, 0.3) is 5.56 Å². The van der Waals surface area contributed by atoms with Crippen LogP contribution in [0.1, 0.15) is 17.1 Å². The SMILES string of the molecule is Cc1cccc(NCc2nc3[nH]c(C)cc(=O)n3n2)c1. The predicted octanol–water partition coefficient (Wildman–Crippen LogP) is 1.65. The summed E-state index contributed by atoms with van der Waals surface area (Å²) >= 11 is 0. The number of aromatic amines is 1. The maximum atomic E-state index is 11.8. The fraction of sp³-hybridized carbons (Fsp3) is 0.214. The average molecular weight is 269 g/mol. The lowest BCUT2D eigenvalue weighted by Crippen LogP contribution is -2.14. The van der Waals surface area contributed by atoms with Crippen molar-refractivity contribution < 1.29 is 0 Å². The number of fused-ring (bicyclic) bond motifs is 1. The first kappa shape index (κ1) is 12.4. The fourth-order valence-corrected chi connectivity index (χ4v) is 2.06. The van der Waals surface area contributed by atoms with Gasteiger partial charge in [-0.25, -0.2) is 0 Å². The number of hydrogen-bond acceptors (Lipinski definition) is 4. The Morgan fingerprint density at radius 1 is 1.30 bits per heavy atom. The van der Waals surface area contributed by atoms with E-state index in [9.17, 15) is 4.79 Å². The molecule has 0 aliphatic rings. The standard InChI is InChI=1S/C14H15N5O/c1-9-4-3-5-11(6-9)15-8-12-17-14-16-10(2)7-13(20)19(14)18-12/h3-7,15H,8H2,1-2H3,(H,16,17,18). The van der Waals surface area contributed by atoms with Gasteiger partial charge >= 0.3 is 0 Å². The summed E-state index contributed by atoms with van der Waals surface area (Å²) in [5.41, 5.74) is 2.79. The van der Waals surface area contributed by atoms with Gasteiger partial charge in [0, 0.05) is 17.4 Å². The summed E-state index contributed by atoms with van der Waals surface area (Å²) in [6.07, 6.45) is 0. The fourth-order valence-electron chi connectivity index (χ4n) is 2.06. The van der Waals surface area contributed by atoms with Crippen LogP contribution in [0.2, 0.25) is 0 Å². The summed E-state index contributed by atoms with van der Waals surface area (Å²) in [5, 5.41) is 7.43. The zero-order valence-electron chi connectivity index (χ0n) is 11.3. The smallest absolute Gasteiger partial charge is 0.275 e. The van der Waals surface area contributed by atoms with E-state index in [1.165, 1.54) is 16.1 Å². The van der Waals surface area contributed by atoms with Crippen molar-refractivity contribution in [1.82, 2.24) is 19.6 Å². The Balaban J connectivity index is 1.85. The number of benzene rings is 1. The summed E-state index contributed by atoms with van der Waals surface area (Å²) in [5.74, 6) is 1.04. The van der Waals surface area contributed by atoms with Crippen molar-refractivity contribution in [3.63, 3.8) is 0 Å². The highest BCUT2D eigenvalue weighted by atomic mass is 16.1. The molecule has 0 saturated carbocycles. The second kappa shape index (κ2) is 4.80. The minimum Gasteiger partial charge on any atom is -0.378 e. The van der Waals surface area contributed by atoms with Crippen molar-refractivity contribution >= 4 is 11.5 Å². The van der Waals surface area contributed by atoms with Gasteiger partial charge in [0.15, 0.2) is 5.82 Å². The first-order valence-corrected chi connectivity index (χ1v) is 6.38. The number of hydrogen-bond donors (Lipinski definition) is 2. The second-order valence-corrected chi connectivity index (χ2v) is 4.78. The van der Waals surface area contributed by atoms with Crippen LogP contribution in [0, 0.1) is 13.8 Å². The third kappa shape index (κ3) is 2.40. The summed E-state index contributed by atoms with van der Waals surface area (Å²) in [4.78, 5) is 19.1. The molecule has 0 aliphatic carbocycles. The topological polar surface area (TPSA) is 75.1 Å². The van der Waals surface area contributed by atoms with E-state index in [0.29, 0.717) is 18.1 Å². The molecule has 2 heterocycles. The van der Waals surface area contributed by atoms with Crippen LogP contribution in [-0.4, -0.2) is 19.6 Å². The van der Waals surface area contributed by atoms with Crippen molar-refractivity contribution in [2.75, 3.05) is 5.32 Å². The van der Waals surface area contributed by atoms with Gasteiger partial charge in [-0.2, -0.15) is 9.50 Å². The van der Waals surface area contributed by atoms with Crippen molar-refractivity contribution in [2.45, 2.75) is 20.4 Å². The molecule has 0 unspecified atom stereocenters. The number of aryl methyl sites for hydroxylation is 2. The number of rotatable bonds is 3. The minimum atomic E-state index is -0.175. The molecule has 0 bridgehead atoms. The lowest BCUT2D eigenvalue weighted by Gasteiger charge is -2.03. The first-order valence-electron chi connectivity index (χ1n) is 6.38. The highest BCUT2D eigenvalue weighted by molar-refractivity contribution is 5.45. The molecule has 0 atom stereocenters. The van der Waals surface area contributed by atoms with Crippen LogP contribution in [-0.2, 0) is 6.54 Å². The largest absolute Gasteiger partial charge is 0.378 e. The monoisotopic (exact) mass is 269 g/mol. The van der Waals surface area contributed by atoms with E-state index in [1.54, 1.807) is 0 Å². The highest BCUT2D eigenvalue weighted by Gasteiger charge is 2.06. The van der Waals surface area contributed by atoms with Crippen LogP contribution in [0.4, 0.5) is 5.69 Å². The number of nitrogens with zero attached hydrogens (tertiary/aromatic N) is 3. The van der Waals surface area contributed by atoms with Gasteiger partial charge in [0.05, 0.1) is 6.54 Å². The summed E-state index contributed by atoms with van der Waals surface area (Å²) in [7, 11) is 0. The molecule has 0 fully saturated rings. The lowest BCUT2D eigenvalue weighted by atomic mass is 10.2. The molecular weight excluding hydrogens is 254 g/mol. The zero-order chi connectivity index (χ0) is 14.1. The van der Waals surface area contributed by atoms with Crippen molar-refractivity contribution in [3.8, 4) is 0 Å². The van der Waals surface area contributed by atoms with Crippen LogP contribution >= 0.6 is 0 Å². The van der Waals surface area contributed by atoms with Gasteiger partial charge in [-0.15, -0.1) is 5.10 Å². The maximum absolute atomic E-state index is 11.8. The molecule has 0 aliphatic heterocycles. The van der Waals surface area contributed by atoms with Gasteiger partial charge in [-0.3, -0.25) is 4.79 Å². The van der Waals surface area contributed by atoms with Crippen LogP contribution in [0.15, 0.2) is 35.1 Å². The van der Waals surface area contributed by atoms with E-state index in [1.807, 2.05) is 38.1 Å². The van der Waals surface area contributed by atoms with Gasteiger partial charge in [0.2, 0.25) is 5.78 Å². The van der Waals surface area contributed by atoms with E-state index in [-0.39, 0.29) is 5.56 Å². The van der Waals surface area contributed by atoms with Crippen LogP contribution in [0.5, 0.6) is 0 Å². The Hall–Kier alpha value is -2.63. The van der Waals surface area contributed by atoms with Gasteiger partial charge in [-0.1, -0.05) is 12.1 Å². The van der Waals surface area contributed by atoms with Crippen LogP contribution in [0.3, 0.4) is 0 Å². The molecule has 2 N–H and O–H groups in total. The Morgan fingerprint density at radius 2 is 2.15 bits per heavy atom. The van der Waals surface area contributed by atoms with Crippen LogP contribution in [0.25, 0.3) is 5.78 Å². The third-order valence-electron chi connectivity index (χ3n) is 2.98. The number of aromatic nitrogens is 4. The summed E-state index contributed by atoms with van der Waals surface area (Å²) in [6.45, 7) is 4.33. The Labute approximate surface area is 115 Å². The van der Waals surface area contributed by atoms with Gasteiger partial charge in [-0.05, 0) is 31.5 Å². The number of nitrogens with one attached hydrogen (secondary N) is 2.